The van der Waals surface area contributed by atoms with Crippen molar-refractivity contribution in [1.82, 2.24) is 0 Å². The SMILES string of the molecule is Cc1ccc(OCCCCN2C(=O)COc3ccc(NC(=O)C(C)C)cc32)cc1. The van der Waals surface area contributed by atoms with Crippen LogP contribution in [0.2, 0.25) is 0 Å². The fourth-order valence-electron chi connectivity index (χ4n) is 3.01. The van der Waals surface area contributed by atoms with Crippen LogP contribution in [0.25, 0.3) is 0 Å². The summed E-state index contributed by atoms with van der Waals surface area (Å²) in [6.07, 6.45) is 1.64. The van der Waals surface area contributed by atoms with E-state index >= 15 is 0 Å². The lowest BCUT2D eigenvalue weighted by molar-refractivity contribution is -0.121. The van der Waals surface area contributed by atoms with Crippen molar-refractivity contribution in [3.05, 3.63) is 48.0 Å². The zero-order valence-corrected chi connectivity index (χ0v) is 17.2. The molecule has 29 heavy (non-hydrogen) atoms. The van der Waals surface area contributed by atoms with Crippen LogP contribution >= 0.6 is 0 Å². The minimum Gasteiger partial charge on any atom is -0.494 e. The van der Waals surface area contributed by atoms with E-state index < -0.39 is 0 Å². The zero-order chi connectivity index (χ0) is 20.8. The van der Waals surface area contributed by atoms with Crippen LogP contribution in [-0.2, 0) is 9.59 Å². The van der Waals surface area contributed by atoms with Crippen molar-refractivity contribution in [2.75, 3.05) is 30.0 Å². The van der Waals surface area contributed by atoms with Gasteiger partial charge in [0.25, 0.3) is 5.91 Å². The Morgan fingerprint density at radius 1 is 1.17 bits per heavy atom. The number of unbranched alkanes of at least 4 members (excludes halogenated alkanes) is 1. The Hall–Kier alpha value is -3.02. The molecule has 0 aliphatic carbocycles. The van der Waals surface area contributed by atoms with E-state index in [1.54, 1.807) is 23.1 Å². The maximum Gasteiger partial charge on any atom is 0.265 e. The van der Waals surface area contributed by atoms with Crippen LogP contribution in [0.5, 0.6) is 11.5 Å². The number of rotatable bonds is 8. The molecular formula is C23H28N2O4. The first-order valence-electron chi connectivity index (χ1n) is 10.0. The standard InChI is InChI=1S/C23H28N2O4/c1-16(2)23(27)24-18-8-11-21-20(14-18)25(22(26)15-29-21)12-4-5-13-28-19-9-6-17(3)7-10-19/h6-11,14,16H,4-5,12-13,15H2,1-3H3,(H,24,27). The summed E-state index contributed by atoms with van der Waals surface area (Å²) >= 11 is 0. The third-order valence-corrected chi connectivity index (χ3v) is 4.76. The molecule has 2 amide bonds. The number of nitrogens with one attached hydrogen (secondary N) is 1. The summed E-state index contributed by atoms with van der Waals surface area (Å²) < 4.78 is 11.3. The highest BCUT2D eigenvalue weighted by Crippen LogP contribution is 2.35. The molecule has 0 radical (unpaired) electrons. The van der Waals surface area contributed by atoms with Gasteiger partial charge in [-0.05, 0) is 50.1 Å². The highest BCUT2D eigenvalue weighted by atomic mass is 16.5. The Morgan fingerprint density at radius 3 is 2.66 bits per heavy atom. The van der Waals surface area contributed by atoms with Gasteiger partial charge in [0.1, 0.15) is 11.5 Å². The Bertz CT molecular complexity index is 862. The van der Waals surface area contributed by atoms with Gasteiger partial charge < -0.3 is 19.7 Å². The number of aryl methyl sites for hydroxylation is 1. The van der Waals surface area contributed by atoms with Gasteiger partial charge in [0.15, 0.2) is 6.61 Å². The first kappa shape index (κ1) is 20.7. The predicted molar refractivity (Wildman–Crippen MR) is 114 cm³/mol. The molecule has 1 aliphatic heterocycles. The molecule has 2 aromatic carbocycles. The zero-order valence-electron chi connectivity index (χ0n) is 17.2. The molecule has 154 valence electrons. The Kier molecular flexibility index (Phi) is 6.75. The molecule has 6 heteroatoms. The fourth-order valence-corrected chi connectivity index (χ4v) is 3.01. The Labute approximate surface area is 171 Å². The van der Waals surface area contributed by atoms with Gasteiger partial charge in [-0.3, -0.25) is 9.59 Å². The fraction of sp³-hybridized carbons (Fsp3) is 0.391. The summed E-state index contributed by atoms with van der Waals surface area (Å²) in [6.45, 7) is 6.93. The van der Waals surface area contributed by atoms with Crippen molar-refractivity contribution in [1.29, 1.82) is 0 Å². The second kappa shape index (κ2) is 9.45. The van der Waals surface area contributed by atoms with Crippen LogP contribution in [-0.4, -0.2) is 31.6 Å². The molecule has 0 fully saturated rings. The molecule has 0 bridgehead atoms. The number of hydrogen-bond acceptors (Lipinski definition) is 4. The van der Waals surface area contributed by atoms with Crippen molar-refractivity contribution in [2.45, 2.75) is 33.6 Å². The van der Waals surface area contributed by atoms with Gasteiger partial charge >= 0.3 is 0 Å². The summed E-state index contributed by atoms with van der Waals surface area (Å²) in [6, 6.07) is 13.4. The van der Waals surface area contributed by atoms with Crippen molar-refractivity contribution in [2.24, 2.45) is 5.92 Å². The average molecular weight is 396 g/mol. The van der Waals surface area contributed by atoms with E-state index in [2.05, 4.69) is 5.32 Å². The second-order valence-electron chi connectivity index (χ2n) is 7.53. The number of fused-ring (bicyclic) bond motifs is 1. The lowest BCUT2D eigenvalue weighted by Crippen LogP contribution is -2.39. The lowest BCUT2D eigenvalue weighted by Gasteiger charge is -2.30. The highest BCUT2D eigenvalue weighted by molar-refractivity contribution is 5.99. The molecule has 0 spiro atoms. The number of anilines is 2. The van der Waals surface area contributed by atoms with Gasteiger partial charge in [0.05, 0.1) is 12.3 Å². The van der Waals surface area contributed by atoms with Gasteiger partial charge in [0, 0.05) is 18.2 Å². The second-order valence-corrected chi connectivity index (χ2v) is 7.53. The lowest BCUT2D eigenvalue weighted by atomic mass is 10.1. The summed E-state index contributed by atoms with van der Waals surface area (Å²) in [5.74, 6) is 1.25. The molecule has 3 rings (SSSR count). The normalized spacial score (nSPS) is 13.1. The molecule has 0 saturated carbocycles. The third-order valence-electron chi connectivity index (χ3n) is 4.76. The van der Waals surface area contributed by atoms with Crippen LogP contribution in [0.15, 0.2) is 42.5 Å². The Morgan fingerprint density at radius 2 is 1.93 bits per heavy atom. The molecule has 1 N–H and O–H groups in total. The molecule has 0 saturated heterocycles. The summed E-state index contributed by atoms with van der Waals surface area (Å²) in [5, 5.41) is 2.87. The molecule has 1 aliphatic rings. The first-order chi connectivity index (χ1) is 13.9. The summed E-state index contributed by atoms with van der Waals surface area (Å²) in [4.78, 5) is 26.1. The van der Waals surface area contributed by atoms with Gasteiger partial charge in [-0.2, -0.15) is 0 Å². The minimum atomic E-state index is -0.117. The molecule has 1 heterocycles. The third kappa shape index (κ3) is 5.50. The van der Waals surface area contributed by atoms with Gasteiger partial charge in [0.2, 0.25) is 5.91 Å². The molecular weight excluding hydrogens is 368 g/mol. The van der Waals surface area contributed by atoms with Crippen LogP contribution in [0.4, 0.5) is 11.4 Å². The molecule has 0 aromatic heterocycles. The van der Waals surface area contributed by atoms with Crippen LogP contribution < -0.4 is 19.7 Å². The maximum absolute atomic E-state index is 12.4. The van der Waals surface area contributed by atoms with Crippen molar-refractivity contribution in [3.8, 4) is 11.5 Å². The number of carbonyl (C=O) groups excluding carboxylic acids is 2. The van der Waals surface area contributed by atoms with E-state index in [9.17, 15) is 9.59 Å². The number of hydrogen-bond donors (Lipinski definition) is 1. The van der Waals surface area contributed by atoms with Crippen molar-refractivity contribution >= 4 is 23.2 Å². The number of amides is 2. The number of benzene rings is 2. The quantitative estimate of drug-likeness (QED) is 0.680. The van der Waals surface area contributed by atoms with E-state index in [0.717, 1.165) is 18.6 Å². The number of nitrogens with zero attached hydrogens (tertiary/aromatic N) is 1. The van der Waals surface area contributed by atoms with E-state index in [1.807, 2.05) is 45.0 Å². The Balaban J connectivity index is 1.57. The largest absolute Gasteiger partial charge is 0.494 e. The minimum absolute atomic E-state index is 0.0323. The monoisotopic (exact) mass is 396 g/mol. The van der Waals surface area contributed by atoms with Crippen LogP contribution in [0.1, 0.15) is 32.3 Å². The maximum atomic E-state index is 12.4. The van der Waals surface area contributed by atoms with Crippen LogP contribution in [0.3, 0.4) is 0 Å². The van der Waals surface area contributed by atoms with Gasteiger partial charge in [-0.1, -0.05) is 31.5 Å². The smallest absolute Gasteiger partial charge is 0.265 e. The van der Waals surface area contributed by atoms with E-state index in [1.165, 1.54) is 5.56 Å². The average Bonchev–Trinajstić information content (AvgIpc) is 2.70. The van der Waals surface area contributed by atoms with Crippen molar-refractivity contribution < 1.29 is 19.1 Å². The molecule has 2 aromatic rings. The topological polar surface area (TPSA) is 67.9 Å². The molecule has 0 unspecified atom stereocenters. The molecule has 6 nitrogen and oxygen atoms in total. The van der Waals surface area contributed by atoms with Gasteiger partial charge in [-0.15, -0.1) is 0 Å². The summed E-state index contributed by atoms with van der Waals surface area (Å²) in [7, 11) is 0. The predicted octanol–water partition coefficient (Wildman–Crippen LogP) is 4.17. The number of ether oxygens (including phenoxy) is 2. The first-order valence-corrected chi connectivity index (χ1v) is 10.0. The van der Waals surface area contributed by atoms with Crippen LogP contribution in [0, 0.1) is 12.8 Å². The highest BCUT2D eigenvalue weighted by Gasteiger charge is 2.25. The van der Waals surface area contributed by atoms with E-state index in [-0.39, 0.29) is 24.3 Å². The van der Waals surface area contributed by atoms with E-state index in [0.29, 0.717) is 30.3 Å². The van der Waals surface area contributed by atoms with Crippen molar-refractivity contribution in [3.63, 3.8) is 0 Å². The van der Waals surface area contributed by atoms with E-state index in [4.69, 9.17) is 9.47 Å². The van der Waals surface area contributed by atoms with Gasteiger partial charge in [-0.25, -0.2) is 0 Å². The molecule has 0 atom stereocenters. The summed E-state index contributed by atoms with van der Waals surface area (Å²) in [5.41, 5.74) is 2.56. The number of carbonyl (C=O) groups is 2.